The van der Waals surface area contributed by atoms with Gasteiger partial charge in [-0.3, -0.25) is 4.98 Å². The first-order valence-electron chi connectivity index (χ1n) is 8.32. The van der Waals surface area contributed by atoms with E-state index in [1.54, 1.807) is 12.3 Å². The van der Waals surface area contributed by atoms with E-state index in [1.165, 1.54) is 0 Å². The van der Waals surface area contributed by atoms with Crippen molar-refractivity contribution in [1.82, 2.24) is 15.1 Å². The average molecular weight is 347 g/mol. The highest BCUT2D eigenvalue weighted by atomic mass is 16.5. The van der Waals surface area contributed by atoms with Crippen molar-refractivity contribution in [1.29, 1.82) is 0 Å². The van der Waals surface area contributed by atoms with Gasteiger partial charge in [0.1, 0.15) is 5.69 Å². The zero-order chi connectivity index (χ0) is 17.9. The van der Waals surface area contributed by atoms with Crippen molar-refractivity contribution in [2.24, 2.45) is 0 Å². The Balaban J connectivity index is 1.65. The van der Waals surface area contributed by atoms with Gasteiger partial charge in [0.25, 0.3) is 5.71 Å². The molecule has 0 fully saturated rings. The van der Waals surface area contributed by atoms with E-state index in [4.69, 9.17) is 14.0 Å². The summed E-state index contributed by atoms with van der Waals surface area (Å²) in [4.78, 5) is 8.70. The van der Waals surface area contributed by atoms with E-state index in [-0.39, 0.29) is 6.10 Å². The van der Waals surface area contributed by atoms with Crippen molar-refractivity contribution in [3.8, 4) is 28.8 Å². The van der Waals surface area contributed by atoms with Crippen LogP contribution in [-0.4, -0.2) is 21.2 Å². The summed E-state index contributed by atoms with van der Waals surface area (Å²) in [7, 11) is 0. The average Bonchev–Trinajstić information content (AvgIpc) is 3.07. The first kappa shape index (κ1) is 16.1. The van der Waals surface area contributed by atoms with Crippen LogP contribution in [0.25, 0.3) is 22.5 Å². The largest absolute Gasteiger partial charge is 0.487 e. The second-order valence-electron chi connectivity index (χ2n) is 5.96. The predicted molar refractivity (Wildman–Crippen MR) is 97.3 cm³/mol. The summed E-state index contributed by atoms with van der Waals surface area (Å²) in [6.07, 6.45) is 1.76. The van der Waals surface area contributed by atoms with Gasteiger partial charge < -0.3 is 14.0 Å². The fourth-order valence-electron chi connectivity index (χ4n) is 2.55. The van der Waals surface area contributed by atoms with Crippen LogP contribution in [0.3, 0.4) is 0 Å². The highest BCUT2D eigenvalue weighted by Crippen LogP contribution is 2.33. The van der Waals surface area contributed by atoms with Gasteiger partial charge in [0.2, 0.25) is 5.88 Å². The maximum atomic E-state index is 5.89. The standard InChI is InChI=1S/C20H17N3O3/c1-13(2)24-16-8-3-4-9-17(16)25-18-11-10-14-19(23-26-20(14)22-18)15-7-5-6-12-21-15/h3-13H,1-2H3. The molecule has 3 heterocycles. The Bertz CT molecular complexity index is 1030. The summed E-state index contributed by atoms with van der Waals surface area (Å²) in [6.45, 7) is 3.93. The van der Waals surface area contributed by atoms with E-state index >= 15 is 0 Å². The SMILES string of the molecule is CC(C)Oc1ccccc1Oc1ccc2c(-c3ccccn3)noc2n1. The molecule has 130 valence electrons. The Morgan fingerprint density at radius 1 is 0.923 bits per heavy atom. The predicted octanol–water partition coefficient (Wildman–Crippen LogP) is 4.86. The number of ether oxygens (including phenoxy) is 2. The Morgan fingerprint density at radius 2 is 1.73 bits per heavy atom. The van der Waals surface area contributed by atoms with Crippen LogP contribution in [0.4, 0.5) is 0 Å². The highest BCUT2D eigenvalue weighted by molar-refractivity contribution is 5.88. The highest BCUT2D eigenvalue weighted by Gasteiger charge is 2.14. The Hall–Kier alpha value is -3.41. The summed E-state index contributed by atoms with van der Waals surface area (Å²) in [5.41, 5.74) is 1.78. The number of pyridine rings is 2. The quantitative estimate of drug-likeness (QED) is 0.513. The molecule has 0 aliphatic carbocycles. The van der Waals surface area contributed by atoms with E-state index in [2.05, 4.69) is 15.1 Å². The van der Waals surface area contributed by atoms with Gasteiger partial charge in [0.05, 0.1) is 17.2 Å². The third-order valence-electron chi connectivity index (χ3n) is 3.65. The molecular formula is C20H17N3O3. The smallest absolute Gasteiger partial charge is 0.261 e. The summed E-state index contributed by atoms with van der Waals surface area (Å²) < 4.78 is 17.0. The zero-order valence-electron chi connectivity index (χ0n) is 14.4. The van der Waals surface area contributed by atoms with Crippen LogP contribution < -0.4 is 9.47 Å². The van der Waals surface area contributed by atoms with Gasteiger partial charge in [-0.05, 0) is 44.2 Å². The zero-order valence-corrected chi connectivity index (χ0v) is 14.4. The molecule has 0 amide bonds. The van der Waals surface area contributed by atoms with E-state index in [0.29, 0.717) is 28.8 Å². The van der Waals surface area contributed by atoms with Crippen molar-refractivity contribution >= 4 is 11.1 Å². The molecular weight excluding hydrogens is 330 g/mol. The molecule has 0 saturated carbocycles. The van der Waals surface area contributed by atoms with Crippen molar-refractivity contribution in [3.05, 3.63) is 60.8 Å². The van der Waals surface area contributed by atoms with Gasteiger partial charge in [-0.25, -0.2) is 0 Å². The lowest BCUT2D eigenvalue weighted by Crippen LogP contribution is -2.06. The van der Waals surface area contributed by atoms with E-state index in [0.717, 1.165) is 11.1 Å². The van der Waals surface area contributed by atoms with E-state index in [1.807, 2.05) is 62.4 Å². The lowest BCUT2D eigenvalue weighted by Gasteiger charge is -2.13. The molecule has 0 aliphatic rings. The maximum absolute atomic E-state index is 5.89. The van der Waals surface area contributed by atoms with Crippen LogP contribution >= 0.6 is 0 Å². The molecule has 4 aromatic rings. The van der Waals surface area contributed by atoms with Crippen LogP contribution in [0.5, 0.6) is 17.4 Å². The lowest BCUT2D eigenvalue weighted by molar-refractivity contribution is 0.233. The van der Waals surface area contributed by atoms with Gasteiger partial charge in [-0.1, -0.05) is 23.4 Å². The molecule has 0 bridgehead atoms. The minimum Gasteiger partial charge on any atom is -0.487 e. The number of nitrogens with zero attached hydrogens (tertiary/aromatic N) is 3. The first-order valence-corrected chi connectivity index (χ1v) is 8.32. The molecule has 0 spiro atoms. The molecule has 0 radical (unpaired) electrons. The third kappa shape index (κ3) is 3.21. The van der Waals surface area contributed by atoms with Crippen molar-refractivity contribution in [2.75, 3.05) is 0 Å². The summed E-state index contributed by atoms with van der Waals surface area (Å²) in [6, 6.07) is 16.8. The van der Waals surface area contributed by atoms with Crippen LogP contribution in [0, 0.1) is 0 Å². The van der Waals surface area contributed by atoms with Gasteiger partial charge >= 0.3 is 0 Å². The molecule has 3 aromatic heterocycles. The summed E-state index contributed by atoms with van der Waals surface area (Å²) in [5.74, 6) is 1.66. The molecule has 0 unspecified atom stereocenters. The summed E-state index contributed by atoms with van der Waals surface area (Å²) in [5, 5.41) is 4.87. The summed E-state index contributed by atoms with van der Waals surface area (Å²) >= 11 is 0. The lowest BCUT2D eigenvalue weighted by atomic mass is 10.2. The second kappa shape index (κ2) is 6.84. The molecule has 26 heavy (non-hydrogen) atoms. The molecule has 4 rings (SSSR count). The Morgan fingerprint density at radius 3 is 2.50 bits per heavy atom. The van der Waals surface area contributed by atoms with E-state index < -0.39 is 0 Å². The Kier molecular flexibility index (Phi) is 4.23. The van der Waals surface area contributed by atoms with Gasteiger partial charge in [0.15, 0.2) is 11.5 Å². The Labute approximate surface area is 150 Å². The minimum atomic E-state index is 0.0467. The van der Waals surface area contributed by atoms with Crippen LogP contribution in [0.2, 0.25) is 0 Å². The van der Waals surface area contributed by atoms with E-state index in [9.17, 15) is 0 Å². The number of rotatable bonds is 5. The van der Waals surface area contributed by atoms with Gasteiger partial charge in [-0.2, -0.15) is 4.98 Å². The number of hydrogen-bond acceptors (Lipinski definition) is 6. The number of hydrogen-bond donors (Lipinski definition) is 0. The first-order chi connectivity index (χ1) is 12.7. The second-order valence-corrected chi connectivity index (χ2v) is 5.96. The molecule has 0 aliphatic heterocycles. The normalized spacial score (nSPS) is 11.0. The number of benzene rings is 1. The van der Waals surface area contributed by atoms with Crippen LogP contribution in [0.15, 0.2) is 65.3 Å². The van der Waals surface area contributed by atoms with Gasteiger partial charge in [-0.15, -0.1) is 0 Å². The minimum absolute atomic E-state index is 0.0467. The maximum Gasteiger partial charge on any atom is 0.261 e. The fraction of sp³-hybridized carbons (Fsp3) is 0.150. The topological polar surface area (TPSA) is 70.3 Å². The molecule has 0 N–H and O–H groups in total. The molecule has 0 saturated heterocycles. The molecule has 1 aromatic carbocycles. The molecule has 0 atom stereocenters. The van der Waals surface area contributed by atoms with Crippen molar-refractivity contribution < 1.29 is 14.0 Å². The number of para-hydroxylation sites is 2. The monoisotopic (exact) mass is 347 g/mol. The van der Waals surface area contributed by atoms with Crippen LogP contribution in [-0.2, 0) is 0 Å². The number of fused-ring (bicyclic) bond motifs is 1. The van der Waals surface area contributed by atoms with Gasteiger partial charge in [0, 0.05) is 12.3 Å². The fourth-order valence-corrected chi connectivity index (χ4v) is 2.55. The van der Waals surface area contributed by atoms with Crippen LogP contribution in [0.1, 0.15) is 13.8 Å². The third-order valence-corrected chi connectivity index (χ3v) is 3.65. The molecule has 6 nitrogen and oxygen atoms in total. The van der Waals surface area contributed by atoms with Crippen molar-refractivity contribution in [2.45, 2.75) is 20.0 Å². The molecule has 6 heteroatoms. The van der Waals surface area contributed by atoms with Crippen molar-refractivity contribution in [3.63, 3.8) is 0 Å². The number of aromatic nitrogens is 3.